The number of nitrogens with zero attached hydrogens (tertiary/aromatic N) is 4. The molecule has 0 aliphatic carbocycles. The van der Waals surface area contributed by atoms with E-state index < -0.39 is 0 Å². The fraction of sp³-hybridized carbons (Fsp3) is 0.0625. The first-order valence-electron chi connectivity index (χ1n) is 6.65. The van der Waals surface area contributed by atoms with E-state index in [4.69, 9.17) is 16.9 Å². The SMILES string of the molecule is N#Cc1ccc(NCc2ccnc(-n3cccn3)c2)cc1Cl. The smallest absolute Gasteiger partial charge is 0.153 e. The van der Waals surface area contributed by atoms with Crippen LogP contribution in [0.1, 0.15) is 11.1 Å². The van der Waals surface area contributed by atoms with Gasteiger partial charge in [0.1, 0.15) is 6.07 Å². The molecule has 0 atom stereocenters. The summed E-state index contributed by atoms with van der Waals surface area (Å²) in [6.45, 7) is 0.624. The van der Waals surface area contributed by atoms with Gasteiger partial charge >= 0.3 is 0 Å². The lowest BCUT2D eigenvalue weighted by molar-refractivity contribution is 0.843. The van der Waals surface area contributed by atoms with Crippen molar-refractivity contribution in [2.24, 2.45) is 0 Å². The molecule has 0 saturated carbocycles. The van der Waals surface area contributed by atoms with E-state index in [1.165, 1.54) is 0 Å². The molecule has 3 rings (SSSR count). The second-order valence-electron chi connectivity index (χ2n) is 4.63. The molecule has 0 aliphatic rings. The van der Waals surface area contributed by atoms with E-state index in [0.717, 1.165) is 17.1 Å². The summed E-state index contributed by atoms with van der Waals surface area (Å²) < 4.78 is 1.71. The molecular formula is C16H12ClN5. The van der Waals surface area contributed by atoms with Crippen molar-refractivity contribution >= 4 is 17.3 Å². The van der Waals surface area contributed by atoms with Gasteiger partial charge in [-0.1, -0.05) is 11.6 Å². The topological polar surface area (TPSA) is 66.5 Å². The maximum Gasteiger partial charge on any atom is 0.153 e. The summed E-state index contributed by atoms with van der Waals surface area (Å²) in [4.78, 5) is 4.29. The molecule has 6 heteroatoms. The molecule has 0 unspecified atom stereocenters. The van der Waals surface area contributed by atoms with Crippen LogP contribution in [-0.2, 0) is 6.54 Å². The lowest BCUT2D eigenvalue weighted by atomic mass is 10.2. The van der Waals surface area contributed by atoms with E-state index >= 15 is 0 Å². The van der Waals surface area contributed by atoms with Gasteiger partial charge in [0.15, 0.2) is 5.82 Å². The number of pyridine rings is 1. The van der Waals surface area contributed by atoms with E-state index in [0.29, 0.717) is 17.1 Å². The first-order chi connectivity index (χ1) is 10.8. The molecule has 1 aromatic carbocycles. The van der Waals surface area contributed by atoms with Crippen LogP contribution in [0, 0.1) is 11.3 Å². The zero-order chi connectivity index (χ0) is 15.4. The van der Waals surface area contributed by atoms with Crippen molar-refractivity contribution in [1.29, 1.82) is 5.26 Å². The second-order valence-corrected chi connectivity index (χ2v) is 5.04. The number of aromatic nitrogens is 3. The monoisotopic (exact) mass is 309 g/mol. The fourth-order valence-electron chi connectivity index (χ4n) is 2.02. The van der Waals surface area contributed by atoms with Crippen molar-refractivity contribution in [2.75, 3.05) is 5.32 Å². The molecule has 0 aliphatic heterocycles. The van der Waals surface area contributed by atoms with Crippen LogP contribution in [0.15, 0.2) is 55.0 Å². The van der Waals surface area contributed by atoms with Crippen LogP contribution >= 0.6 is 11.6 Å². The maximum atomic E-state index is 8.87. The Hall–Kier alpha value is -2.84. The molecule has 5 nitrogen and oxygen atoms in total. The normalized spacial score (nSPS) is 10.2. The van der Waals surface area contributed by atoms with Crippen molar-refractivity contribution in [3.63, 3.8) is 0 Å². The van der Waals surface area contributed by atoms with Crippen LogP contribution in [-0.4, -0.2) is 14.8 Å². The first kappa shape index (κ1) is 14.1. The van der Waals surface area contributed by atoms with Gasteiger partial charge in [-0.3, -0.25) is 0 Å². The second kappa shape index (κ2) is 6.29. The standard InChI is InChI=1S/C16H12ClN5/c17-15-9-14(3-2-13(15)10-18)20-11-12-4-6-19-16(8-12)22-7-1-5-21-22/h1-9,20H,11H2. The summed E-state index contributed by atoms with van der Waals surface area (Å²) in [5, 5.41) is 16.7. The van der Waals surface area contributed by atoms with E-state index in [2.05, 4.69) is 15.4 Å². The van der Waals surface area contributed by atoms with Crippen LogP contribution < -0.4 is 5.32 Å². The fourth-order valence-corrected chi connectivity index (χ4v) is 2.24. The number of halogens is 1. The number of anilines is 1. The number of nitriles is 1. The van der Waals surface area contributed by atoms with E-state index in [9.17, 15) is 0 Å². The van der Waals surface area contributed by atoms with Crippen molar-refractivity contribution in [3.8, 4) is 11.9 Å². The van der Waals surface area contributed by atoms with Gasteiger partial charge < -0.3 is 5.32 Å². The molecule has 1 N–H and O–H groups in total. The highest BCUT2D eigenvalue weighted by Gasteiger charge is 2.03. The van der Waals surface area contributed by atoms with Gasteiger partial charge in [0, 0.05) is 30.8 Å². The first-order valence-corrected chi connectivity index (χ1v) is 7.02. The van der Waals surface area contributed by atoms with Gasteiger partial charge in [-0.25, -0.2) is 9.67 Å². The minimum Gasteiger partial charge on any atom is -0.381 e. The Morgan fingerprint density at radius 1 is 1.23 bits per heavy atom. The van der Waals surface area contributed by atoms with Crippen LogP contribution in [0.5, 0.6) is 0 Å². The Morgan fingerprint density at radius 3 is 2.86 bits per heavy atom. The summed E-state index contributed by atoms with van der Waals surface area (Å²) in [6, 6.07) is 13.1. The molecule has 2 aromatic heterocycles. The molecule has 0 fully saturated rings. The zero-order valence-electron chi connectivity index (χ0n) is 11.6. The third-order valence-corrected chi connectivity index (χ3v) is 3.45. The Kier molecular flexibility index (Phi) is 4.03. The molecule has 0 spiro atoms. The Bertz CT molecular complexity index is 821. The molecule has 2 heterocycles. The summed E-state index contributed by atoms with van der Waals surface area (Å²) in [7, 11) is 0. The summed E-state index contributed by atoms with van der Waals surface area (Å²) >= 11 is 6.02. The van der Waals surface area contributed by atoms with Gasteiger partial charge in [0.2, 0.25) is 0 Å². The van der Waals surface area contributed by atoms with E-state index in [1.807, 2.05) is 36.5 Å². The molecule has 0 radical (unpaired) electrons. The van der Waals surface area contributed by atoms with Crippen LogP contribution in [0.4, 0.5) is 5.69 Å². The highest BCUT2D eigenvalue weighted by atomic mass is 35.5. The predicted octanol–water partition coefficient (Wildman–Crippen LogP) is 3.40. The molecule has 108 valence electrons. The summed E-state index contributed by atoms with van der Waals surface area (Å²) in [6.07, 6.45) is 5.31. The summed E-state index contributed by atoms with van der Waals surface area (Å²) in [5.74, 6) is 0.766. The van der Waals surface area contributed by atoms with Gasteiger partial charge in [0.25, 0.3) is 0 Å². The number of benzene rings is 1. The third-order valence-electron chi connectivity index (χ3n) is 3.14. The summed E-state index contributed by atoms with van der Waals surface area (Å²) in [5.41, 5.74) is 2.40. The van der Waals surface area contributed by atoms with Crippen LogP contribution in [0.25, 0.3) is 5.82 Å². The van der Waals surface area contributed by atoms with Crippen molar-refractivity contribution in [2.45, 2.75) is 6.54 Å². The van der Waals surface area contributed by atoms with Crippen molar-refractivity contribution in [3.05, 3.63) is 71.1 Å². The average Bonchev–Trinajstić information content (AvgIpc) is 3.08. The Balaban J connectivity index is 1.73. The number of rotatable bonds is 4. The van der Waals surface area contributed by atoms with Crippen molar-refractivity contribution < 1.29 is 0 Å². The Labute approximate surface area is 132 Å². The number of hydrogen-bond donors (Lipinski definition) is 1. The molecular weight excluding hydrogens is 298 g/mol. The average molecular weight is 310 g/mol. The number of nitrogens with one attached hydrogen (secondary N) is 1. The molecule has 0 saturated heterocycles. The maximum absolute atomic E-state index is 8.87. The largest absolute Gasteiger partial charge is 0.381 e. The minimum atomic E-state index is 0.444. The van der Waals surface area contributed by atoms with Crippen LogP contribution in [0.2, 0.25) is 5.02 Å². The molecule has 22 heavy (non-hydrogen) atoms. The van der Waals surface area contributed by atoms with Crippen LogP contribution in [0.3, 0.4) is 0 Å². The van der Waals surface area contributed by atoms with Gasteiger partial charge in [-0.2, -0.15) is 10.4 Å². The van der Waals surface area contributed by atoms with E-state index in [-0.39, 0.29) is 0 Å². The third kappa shape index (κ3) is 3.08. The number of hydrogen-bond acceptors (Lipinski definition) is 4. The van der Waals surface area contributed by atoms with E-state index in [1.54, 1.807) is 29.2 Å². The van der Waals surface area contributed by atoms with Gasteiger partial charge in [0.05, 0.1) is 10.6 Å². The molecule has 3 aromatic rings. The Morgan fingerprint density at radius 2 is 2.14 bits per heavy atom. The van der Waals surface area contributed by atoms with Crippen molar-refractivity contribution in [1.82, 2.24) is 14.8 Å². The van der Waals surface area contributed by atoms with Gasteiger partial charge in [-0.05, 0) is 42.0 Å². The minimum absolute atomic E-state index is 0.444. The molecule has 0 amide bonds. The highest BCUT2D eigenvalue weighted by molar-refractivity contribution is 6.32. The molecule has 0 bridgehead atoms. The lowest BCUT2D eigenvalue weighted by Crippen LogP contribution is -2.03. The quantitative estimate of drug-likeness (QED) is 0.802. The van der Waals surface area contributed by atoms with Gasteiger partial charge in [-0.15, -0.1) is 0 Å². The lowest BCUT2D eigenvalue weighted by Gasteiger charge is -2.08. The zero-order valence-corrected chi connectivity index (χ0v) is 12.3. The predicted molar refractivity (Wildman–Crippen MR) is 84.9 cm³/mol. The highest BCUT2D eigenvalue weighted by Crippen LogP contribution is 2.20.